The number of nitrogens with two attached hydrogens (primary N) is 1. The number of hydrogen-bond acceptors (Lipinski definition) is 8. The molecule has 3 N–H and O–H groups in total. The number of anilines is 2. The Morgan fingerprint density at radius 1 is 1.33 bits per heavy atom. The normalized spacial score (nSPS) is 11.7. The van der Waals surface area contributed by atoms with Gasteiger partial charge in [0.25, 0.3) is 10.0 Å². The molecule has 0 radical (unpaired) electrons. The van der Waals surface area contributed by atoms with Gasteiger partial charge in [-0.15, -0.1) is 10.2 Å². The Hall–Kier alpha value is -1.26. The van der Waals surface area contributed by atoms with Crippen LogP contribution in [0.2, 0.25) is 0 Å². The van der Waals surface area contributed by atoms with Gasteiger partial charge in [-0.05, 0) is 13.3 Å². The van der Waals surface area contributed by atoms with Crippen molar-refractivity contribution < 1.29 is 8.42 Å². The van der Waals surface area contributed by atoms with Crippen LogP contribution in [0, 0.1) is 6.92 Å². The van der Waals surface area contributed by atoms with Crippen molar-refractivity contribution in [2.45, 2.75) is 24.5 Å². The number of aromatic nitrogens is 3. The molecule has 2 aromatic rings. The third kappa shape index (κ3) is 2.60. The maximum atomic E-state index is 12.1. The van der Waals surface area contributed by atoms with Gasteiger partial charge in [-0.2, -0.15) is 0 Å². The molecule has 0 aromatic carbocycles. The van der Waals surface area contributed by atoms with Gasteiger partial charge in [-0.25, -0.2) is 13.4 Å². The molecular formula is C8H11N5O2S3. The lowest BCUT2D eigenvalue weighted by molar-refractivity contribution is 0.602. The minimum atomic E-state index is -3.68. The molecule has 0 aliphatic carbocycles. The fourth-order valence-electron chi connectivity index (χ4n) is 1.25. The molecule has 0 spiro atoms. The second-order valence-corrected chi connectivity index (χ2v) is 7.36. The van der Waals surface area contributed by atoms with E-state index in [1.54, 1.807) is 6.92 Å². The molecule has 0 amide bonds. The highest BCUT2D eigenvalue weighted by Gasteiger charge is 2.22. The topological polar surface area (TPSA) is 111 Å². The molecule has 2 rings (SSSR count). The zero-order valence-corrected chi connectivity index (χ0v) is 12.1. The van der Waals surface area contributed by atoms with E-state index in [1.807, 2.05) is 6.92 Å². The molecule has 0 unspecified atom stereocenters. The van der Waals surface area contributed by atoms with Crippen LogP contribution in [0.5, 0.6) is 0 Å². The van der Waals surface area contributed by atoms with Crippen LogP contribution in [0.1, 0.15) is 17.6 Å². The van der Waals surface area contributed by atoms with Gasteiger partial charge >= 0.3 is 0 Å². The first-order valence-corrected chi connectivity index (χ1v) is 8.12. The first kappa shape index (κ1) is 13.2. The Morgan fingerprint density at radius 2 is 2.06 bits per heavy atom. The molecule has 0 bridgehead atoms. The van der Waals surface area contributed by atoms with Gasteiger partial charge in [0.05, 0.1) is 5.69 Å². The van der Waals surface area contributed by atoms with E-state index in [0.29, 0.717) is 12.1 Å². The lowest BCUT2D eigenvalue weighted by Gasteiger charge is -2.01. The van der Waals surface area contributed by atoms with E-state index in [9.17, 15) is 8.42 Å². The second-order valence-electron chi connectivity index (χ2n) is 3.38. The molecule has 98 valence electrons. The fourth-order valence-corrected chi connectivity index (χ4v) is 4.46. The summed E-state index contributed by atoms with van der Waals surface area (Å²) in [5.41, 5.74) is 5.86. The predicted octanol–water partition coefficient (Wildman–Crippen LogP) is 1.25. The Kier molecular flexibility index (Phi) is 3.50. The lowest BCUT2D eigenvalue weighted by Crippen LogP contribution is -2.12. The van der Waals surface area contributed by atoms with Crippen LogP contribution in [0.3, 0.4) is 0 Å². The van der Waals surface area contributed by atoms with Crippen LogP contribution in [-0.4, -0.2) is 23.6 Å². The van der Waals surface area contributed by atoms with Crippen LogP contribution >= 0.6 is 22.7 Å². The van der Waals surface area contributed by atoms with Crippen LogP contribution < -0.4 is 10.5 Å². The molecular weight excluding hydrogens is 294 g/mol. The van der Waals surface area contributed by atoms with E-state index in [2.05, 4.69) is 19.9 Å². The first-order valence-electron chi connectivity index (χ1n) is 5.00. The predicted molar refractivity (Wildman–Crippen MR) is 71.4 cm³/mol. The summed E-state index contributed by atoms with van der Waals surface area (Å²) in [5, 5.41) is 8.85. The van der Waals surface area contributed by atoms with Gasteiger partial charge in [0.1, 0.15) is 5.01 Å². The highest BCUT2D eigenvalue weighted by molar-refractivity contribution is 7.95. The van der Waals surface area contributed by atoms with Crippen molar-refractivity contribution in [1.82, 2.24) is 15.2 Å². The summed E-state index contributed by atoms with van der Waals surface area (Å²) in [6.07, 6.45) is 0.714. The number of nitrogen functional groups attached to an aromatic ring is 1. The van der Waals surface area contributed by atoms with Crippen molar-refractivity contribution in [2.24, 2.45) is 0 Å². The van der Waals surface area contributed by atoms with Crippen LogP contribution in [-0.2, 0) is 16.4 Å². The van der Waals surface area contributed by atoms with Gasteiger partial charge in [0, 0.05) is 0 Å². The summed E-state index contributed by atoms with van der Waals surface area (Å²) in [7, 11) is -3.68. The smallest absolute Gasteiger partial charge is 0.275 e. The average Bonchev–Trinajstić information content (AvgIpc) is 2.84. The van der Waals surface area contributed by atoms with E-state index < -0.39 is 10.0 Å². The molecule has 2 heterocycles. The Balaban J connectivity index is 2.29. The number of thiazole rings is 1. The van der Waals surface area contributed by atoms with Gasteiger partial charge in [0.2, 0.25) is 5.13 Å². The Labute approximate surface area is 112 Å². The second kappa shape index (κ2) is 4.78. The largest absolute Gasteiger partial charge is 0.375 e. The molecule has 0 aliphatic rings. The summed E-state index contributed by atoms with van der Waals surface area (Å²) >= 11 is 2.13. The van der Waals surface area contributed by atoms with Crippen LogP contribution in [0.15, 0.2) is 4.21 Å². The molecule has 0 saturated carbocycles. The van der Waals surface area contributed by atoms with Crippen molar-refractivity contribution in [2.75, 3.05) is 10.5 Å². The van der Waals surface area contributed by atoms with E-state index in [4.69, 9.17) is 5.73 Å². The highest BCUT2D eigenvalue weighted by Crippen LogP contribution is 2.27. The number of nitrogens with zero attached hydrogens (tertiary/aromatic N) is 3. The van der Waals surface area contributed by atoms with E-state index in [1.165, 1.54) is 11.3 Å². The van der Waals surface area contributed by atoms with Crippen molar-refractivity contribution in [3.05, 3.63) is 10.7 Å². The summed E-state index contributed by atoms with van der Waals surface area (Å²) in [6, 6.07) is 0. The Morgan fingerprint density at radius 3 is 2.56 bits per heavy atom. The van der Waals surface area contributed by atoms with Crippen molar-refractivity contribution in [3.8, 4) is 0 Å². The van der Waals surface area contributed by atoms with Crippen LogP contribution in [0.25, 0.3) is 0 Å². The maximum Gasteiger partial charge on any atom is 0.275 e. The number of hydrogen-bond donors (Lipinski definition) is 2. The van der Waals surface area contributed by atoms with Gasteiger partial charge in [-0.1, -0.05) is 29.6 Å². The van der Waals surface area contributed by atoms with Gasteiger partial charge in [0.15, 0.2) is 9.34 Å². The maximum absolute atomic E-state index is 12.1. The summed E-state index contributed by atoms with van der Waals surface area (Å²) in [6.45, 7) is 3.52. The number of aryl methyl sites for hydroxylation is 2. The zero-order valence-electron chi connectivity index (χ0n) is 9.67. The van der Waals surface area contributed by atoms with E-state index in [0.717, 1.165) is 16.3 Å². The highest BCUT2D eigenvalue weighted by atomic mass is 32.2. The van der Waals surface area contributed by atoms with Crippen molar-refractivity contribution >= 4 is 43.0 Å². The molecule has 0 aliphatic heterocycles. The zero-order chi connectivity index (χ0) is 13.3. The van der Waals surface area contributed by atoms with Crippen LogP contribution in [0.4, 0.5) is 10.3 Å². The molecule has 0 atom stereocenters. The van der Waals surface area contributed by atoms with Crippen molar-refractivity contribution in [1.29, 1.82) is 0 Å². The third-order valence-corrected chi connectivity index (χ3v) is 6.05. The number of sulfonamides is 1. The number of nitrogens with one attached hydrogen (secondary N) is 1. The monoisotopic (exact) mass is 305 g/mol. The molecule has 0 fully saturated rings. The third-order valence-electron chi connectivity index (χ3n) is 2.01. The van der Waals surface area contributed by atoms with E-state index >= 15 is 0 Å². The first-order chi connectivity index (χ1) is 8.42. The standard InChI is InChI=1S/C8H11N5O2S3/c1-3-5-11-12-8(16-5)13-18(14,15)6-4(2)10-7(9)17-6/h3H2,1-2H3,(H2,9,10)(H,12,13). The van der Waals surface area contributed by atoms with E-state index in [-0.39, 0.29) is 14.5 Å². The molecule has 0 saturated heterocycles. The minimum absolute atomic E-state index is 0.105. The molecule has 7 nitrogen and oxygen atoms in total. The summed E-state index contributed by atoms with van der Waals surface area (Å²) < 4.78 is 26.6. The van der Waals surface area contributed by atoms with Gasteiger partial charge in [-0.3, -0.25) is 4.72 Å². The Bertz CT molecular complexity index is 660. The minimum Gasteiger partial charge on any atom is -0.375 e. The molecule has 10 heteroatoms. The molecule has 18 heavy (non-hydrogen) atoms. The van der Waals surface area contributed by atoms with Crippen molar-refractivity contribution in [3.63, 3.8) is 0 Å². The summed E-state index contributed by atoms with van der Waals surface area (Å²) in [4.78, 5) is 3.88. The molecule has 2 aromatic heterocycles. The fraction of sp³-hybridized carbons (Fsp3) is 0.375. The number of rotatable bonds is 4. The average molecular weight is 305 g/mol. The summed E-state index contributed by atoms with van der Waals surface area (Å²) in [5.74, 6) is 0. The van der Waals surface area contributed by atoms with Gasteiger partial charge < -0.3 is 5.73 Å². The quantitative estimate of drug-likeness (QED) is 0.879. The SMILES string of the molecule is CCc1nnc(NS(=O)(=O)c2sc(N)nc2C)s1. The lowest BCUT2D eigenvalue weighted by atomic mass is 10.5.